The van der Waals surface area contributed by atoms with Gasteiger partial charge in [-0.1, -0.05) is 11.3 Å². The van der Waals surface area contributed by atoms with Gasteiger partial charge in [-0.2, -0.15) is 0 Å². The highest BCUT2D eigenvalue weighted by Crippen LogP contribution is 2.12. The van der Waals surface area contributed by atoms with Crippen molar-refractivity contribution in [2.24, 2.45) is 7.05 Å². The van der Waals surface area contributed by atoms with Crippen LogP contribution in [0.2, 0.25) is 0 Å². The standard InChI is InChI=1S/C12H12N6/c1-17-7-6-14-12(17)11-9-18(16-15-11)8-10-4-2-3-5-13-10/h2-7,9H,8H2,1H3. The molecule has 3 aromatic heterocycles. The van der Waals surface area contributed by atoms with Crippen molar-refractivity contribution in [3.05, 3.63) is 48.7 Å². The van der Waals surface area contributed by atoms with Gasteiger partial charge in [0, 0.05) is 25.6 Å². The molecule has 0 N–H and O–H groups in total. The second-order valence-corrected chi connectivity index (χ2v) is 3.98. The number of aromatic nitrogens is 6. The topological polar surface area (TPSA) is 61.4 Å². The van der Waals surface area contributed by atoms with Crippen LogP contribution in [0.3, 0.4) is 0 Å². The smallest absolute Gasteiger partial charge is 0.161 e. The average Bonchev–Trinajstić information content (AvgIpc) is 2.99. The lowest BCUT2D eigenvalue weighted by molar-refractivity contribution is 0.638. The predicted octanol–water partition coefficient (Wildman–Crippen LogP) is 1.12. The van der Waals surface area contributed by atoms with Crippen LogP contribution in [-0.4, -0.2) is 29.5 Å². The number of nitrogens with zero attached hydrogens (tertiary/aromatic N) is 6. The van der Waals surface area contributed by atoms with Crippen molar-refractivity contribution in [3.8, 4) is 11.5 Å². The van der Waals surface area contributed by atoms with E-state index >= 15 is 0 Å². The van der Waals surface area contributed by atoms with Gasteiger partial charge in [0.25, 0.3) is 0 Å². The van der Waals surface area contributed by atoms with Crippen molar-refractivity contribution in [1.82, 2.24) is 29.5 Å². The molecule has 0 aliphatic heterocycles. The molecule has 0 fully saturated rings. The van der Waals surface area contributed by atoms with E-state index in [4.69, 9.17) is 0 Å². The maximum atomic E-state index is 4.25. The summed E-state index contributed by atoms with van der Waals surface area (Å²) >= 11 is 0. The predicted molar refractivity (Wildman–Crippen MR) is 65.6 cm³/mol. The highest BCUT2D eigenvalue weighted by molar-refractivity contribution is 5.47. The lowest BCUT2D eigenvalue weighted by Crippen LogP contribution is -2.01. The quantitative estimate of drug-likeness (QED) is 0.688. The molecule has 0 radical (unpaired) electrons. The summed E-state index contributed by atoms with van der Waals surface area (Å²) in [6.45, 7) is 0.609. The Balaban J connectivity index is 1.84. The number of aryl methyl sites for hydroxylation is 1. The van der Waals surface area contributed by atoms with Gasteiger partial charge in [-0.15, -0.1) is 5.10 Å². The zero-order valence-corrected chi connectivity index (χ0v) is 9.93. The SMILES string of the molecule is Cn1ccnc1-c1cn(Cc2ccccn2)nn1. The Bertz CT molecular complexity index is 639. The van der Waals surface area contributed by atoms with E-state index in [1.165, 1.54) is 0 Å². The maximum absolute atomic E-state index is 4.25. The minimum absolute atomic E-state index is 0.609. The molecule has 3 aromatic rings. The first kappa shape index (κ1) is 10.6. The second kappa shape index (κ2) is 4.40. The summed E-state index contributed by atoms with van der Waals surface area (Å²) in [6.07, 6.45) is 7.27. The first-order valence-corrected chi connectivity index (χ1v) is 5.60. The van der Waals surface area contributed by atoms with E-state index in [1.54, 1.807) is 17.1 Å². The zero-order chi connectivity index (χ0) is 12.4. The minimum atomic E-state index is 0.609. The zero-order valence-electron chi connectivity index (χ0n) is 9.93. The number of hydrogen-bond acceptors (Lipinski definition) is 4. The molecule has 3 rings (SSSR count). The summed E-state index contributed by atoms with van der Waals surface area (Å²) in [5.41, 5.74) is 1.72. The monoisotopic (exact) mass is 240 g/mol. The van der Waals surface area contributed by atoms with E-state index in [0.29, 0.717) is 6.54 Å². The fraction of sp³-hybridized carbons (Fsp3) is 0.167. The van der Waals surface area contributed by atoms with Crippen LogP contribution in [0.15, 0.2) is 43.0 Å². The van der Waals surface area contributed by atoms with Crippen LogP contribution in [-0.2, 0) is 13.6 Å². The highest BCUT2D eigenvalue weighted by atomic mass is 15.4. The Kier molecular flexibility index (Phi) is 2.60. The van der Waals surface area contributed by atoms with Crippen LogP contribution in [0, 0.1) is 0 Å². The van der Waals surface area contributed by atoms with Gasteiger partial charge in [0.2, 0.25) is 0 Å². The summed E-state index contributed by atoms with van der Waals surface area (Å²) in [4.78, 5) is 8.49. The first-order chi connectivity index (χ1) is 8.83. The minimum Gasteiger partial charge on any atom is -0.333 e. The maximum Gasteiger partial charge on any atom is 0.161 e. The van der Waals surface area contributed by atoms with Crippen molar-refractivity contribution >= 4 is 0 Å². The molecule has 0 aliphatic carbocycles. The normalized spacial score (nSPS) is 10.7. The Labute approximate surface area is 104 Å². The van der Waals surface area contributed by atoms with Crippen molar-refractivity contribution in [2.45, 2.75) is 6.54 Å². The van der Waals surface area contributed by atoms with E-state index in [1.807, 2.05) is 42.2 Å². The van der Waals surface area contributed by atoms with Crippen LogP contribution < -0.4 is 0 Å². The molecule has 18 heavy (non-hydrogen) atoms. The van der Waals surface area contributed by atoms with Gasteiger partial charge in [0.1, 0.15) is 5.69 Å². The van der Waals surface area contributed by atoms with E-state index < -0.39 is 0 Å². The van der Waals surface area contributed by atoms with Gasteiger partial charge in [-0.3, -0.25) is 4.98 Å². The van der Waals surface area contributed by atoms with E-state index in [-0.39, 0.29) is 0 Å². The molecule has 6 heteroatoms. The molecule has 0 spiro atoms. The summed E-state index contributed by atoms with van der Waals surface area (Å²) in [5, 5.41) is 8.20. The van der Waals surface area contributed by atoms with Crippen LogP contribution >= 0.6 is 0 Å². The van der Waals surface area contributed by atoms with Crippen molar-refractivity contribution in [1.29, 1.82) is 0 Å². The molecule has 0 saturated heterocycles. The Hall–Kier alpha value is -2.50. The third-order valence-electron chi connectivity index (χ3n) is 2.64. The molecular weight excluding hydrogens is 228 g/mol. The summed E-state index contributed by atoms with van der Waals surface area (Å²) < 4.78 is 3.67. The summed E-state index contributed by atoms with van der Waals surface area (Å²) in [5.74, 6) is 0.808. The van der Waals surface area contributed by atoms with Gasteiger partial charge in [0.15, 0.2) is 5.82 Å². The molecule has 0 aromatic carbocycles. The molecule has 0 unspecified atom stereocenters. The number of pyridine rings is 1. The molecule has 0 saturated carbocycles. The second-order valence-electron chi connectivity index (χ2n) is 3.98. The van der Waals surface area contributed by atoms with Crippen LogP contribution in [0.1, 0.15) is 5.69 Å². The number of rotatable bonds is 3. The average molecular weight is 240 g/mol. The Morgan fingerprint density at radius 1 is 1.17 bits per heavy atom. The van der Waals surface area contributed by atoms with Gasteiger partial charge in [-0.25, -0.2) is 9.67 Å². The van der Waals surface area contributed by atoms with E-state index in [2.05, 4.69) is 20.3 Å². The Morgan fingerprint density at radius 3 is 2.83 bits per heavy atom. The largest absolute Gasteiger partial charge is 0.333 e. The molecule has 0 amide bonds. The van der Waals surface area contributed by atoms with Crippen molar-refractivity contribution in [3.63, 3.8) is 0 Å². The van der Waals surface area contributed by atoms with Crippen LogP contribution in [0.5, 0.6) is 0 Å². The summed E-state index contributed by atoms with van der Waals surface area (Å²) in [7, 11) is 1.93. The lowest BCUT2D eigenvalue weighted by Gasteiger charge is -1.98. The number of imidazole rings is 1. The molecule has 6 nitrogen and oxygen atoms in total. The number of hydrogen-bond donors (Lipinski definition) is 0. The van der Waals surface area contributed by atoms with Crippen molar-refractivity contribution < 1.29 is 0 Å². The van der Waals surface area contributed by atoms with Gasteiger partial charge in [0.05, 0.1) is 18.4 Å². The molecule has 90 valence electrons. The lowest BCUT2D eigenvalue weighted by atomic mass is 10.3. The Morgan fingerprint density at radius 2 is 2.11 bits per heavy atom. The van der Waals surface area contributed by atoms with Gasteiger partial charge >= 0.3 is 0 Å². The molecule has 0 aliphatic rings. The third-order valence-corrected chi connectivity index (χ3v) is 2.64. The molecule has 0 bridgehead atoms. The highest BCUT2D eigenvalue weighted by Gasteiger charge is 2.08. The third kappa shape index (κ3) is 2.00. The molecular formula is C12H12N6. The fourth-order valence-electron chi connectivity index (χ4n) is 1.75. The van der Waals surface area contributed by atoms with Gasteiger partial charge < -0.3 is 4.57 Å². The van der Waals surface area contributed by atoms with E-state index in [9.17, 15) is 0 Å². The molecule has 0 atom stereocenters. The van der Waals surface area contributed by atoms with Crippen LogP contribution in [0.4, 0.5) is 0 Å². The van der Waals surface area contributed by atoms with E-state index in [0.717, 1.165) is 17.2 Å². The molecule has 3 heterocycles. The summed E-state index contributed by atoms with van der Waals surface area (Å²) in [6, 6.07) is 5.81. The van der Waals surface area contributed by atoms with Crippen LogP contribution in [0.25, 0.3) is 11.5 Å². The first-order valence-electron chi connectivity index (χ1n) is 5.60. The van der Waals surface area contributed by atoms with Crippen molar-refractivity contribution in [2.75, 3.05) is 0 Å². The van der Waals surface area contributed by atoms with Gasteiger partial charge in [-0.05, 0) is 12.1 Å². The fourth-order valence-corrected chi connectivity index (χ4v) is 1.75.